The van der Waals surface area contributed by atoms with Gasteiger partial charge in [-0.2, -0.15) is 0 Å². The number of nitrogens with one attached hydrogen (secondary N) is 2. The Morgan fingerprint density at radius 1 is 1.17 bits per heavy atom. The fraction of sp³-hybridized carbons (Fsp3) is 0.190. The minimum atomic E-state index is -0.337. The summed E-state index contributed by atoms with van der Waals surface area (Å²) in [5.74, 6) is 0.782. The number of aromatic amines is 1. The van der Waals surface area contributed by atoms with Crippen molar-refractivity contribution in [1.82, 2.24) is 19.9 Å². The Hall–Kier alpha value is -3.52. The number of H-pyrrole nitrogens is 1. The first kappa shape index (κ1) is 19.8. The Kier molecular flexibility index (Phi) is 5.33. The molecule has 8 nitrogen and oxygen atoms in total. The van der Waals surface area contributed by atoms with Crippen molar-refractivity contribution in [2.45, 2.75) is 13.1 Å². The molecular weight excluding hydrogens is 408 g/mol. The second-order valence-corrected chi connectivity index (χ2v) is 7.12. The van der Waals surface area contributed by atoms with Gasteiger partial charge in [0.05, 0.1) is 26.1 Å². The van der Waals surface area contributed by atoms with Gasteiger partial charge < -0.3 is 19.8 Å². The van der Waals surface area contributed by atoms with Crippen LogP contribution >= 0.6 is 11.6 Å². The topological polar surface area (TPSA) is 98.2 Å². The number of benzene rings is 2. The van der Waals surface area contributed by atoms with Gasteiger partial charge in [-0.15, -0.1) is 0 Å². The largest absolute Gasteiger partial charge is 0.493 e. The number of methoxy groups -OCH3 is 2. The van der Waals surface area contributed by atoms with Gasteiger partial charge in [-0.05, 0) is 23.8 Å². The fourth-order valence-corrected chi connectivity index (χ4v) is 3.37. The highest BCUT2D eigenvalue weighted by Gasteiger charge is 2.15. The van der Waals surface area contributed by atoms with Crippen LogP contribution in [0.1, 0.15) is 5.56 Å². The van der Waals surface area contributed by atoms with Crippen molar-refractivity contribution in [2.75, 3.05) is 14.2 Å². The van der Waals surface area contributed by atoms with Crippen LogP contribution in [0, 0.1) is 0 Å². The average Bonchev–Trinajstić information content (AvgIpc) is 3.12. The summed E-state index contributed by atoms with van der Waals surface area (Å²) in [6.07, 6.45) is 1.37. The molecule has 2 aromatic carbocycles. The van der Waals surface area contributed by atoms with E-state index in [1.54, 1.807) is 38.5 Å². The summed E-state index contributed by atoms with van der Waals surface area (Å²) in [6, 6.07) is 10.7. The van der Waals surface area contributed by atoms with Crippen molar-refractivity contribution in [3.05, 3.63) is 63.7 Å². The first-order chi connectivity index (χ1) is 14.5. The SMILES string of the molecule is COc1cc2[nH]c3c(=O)n(CC(=O)NCc4ccc(Cl)cc4)cnc3c2cc1OC. The lowest BCUT2D eigenvalue weighted by Gasteiger charge is -2.08. The Labute approximate surface area is 176 Å². The molecule has 0 spiro atoms. The minimum Gasteiger partial charge on any atom is -0.493 e. The van der Waals surface area contributed by atoms with Gasteiger partial charge in [-0.1, -0.05) is 23.7 Å². The van der Waals surface area contributed by atoms with Gasteiger partial charge >= 0.3 is 0 Å². The predicted molar refractivity (Wildman–Crippen MR) is 114 cm³/mol. The smallest absolute Gasteiger partial charge is 0.278 e. The molecule has 1 amide bonds. The van der Waals surface area contributed by atoms with E-state index < -0.39 is 0 Å². The maximum atomic E-state index is 12.9. The Bertz CT molecular complexity index is 1290. The average molecular weight is 427 g/mol. The number of rotatable bonds is 6. The lowest BCUT2D eigenvalue weighted by atomic mass is 10.2. The zero-order chi connectivity index (χ0) is 21.3. The standard InChI is InChI=1S/C21H19ClN4O4/c1-29-16-7-14-15(8-17(16)30-2)25-20-19(14)24-11-26(21(20)28)10-18(27)23-9-12-3-5-13(22)6-4-12/h3-8,11,25H,9-10H2,1-2H3,(H,23,27). The van der Waals surface area contributed by atoms with Crippen LogP contribution in [0.25, 0.3) is 21.9 Å². The normalized spacial score (nSPS) is 11.0. The van der Waals surface area contributed by atoms with Crippen LogP contribution in [0.15, 0.2) is 47.5 Å². The zero-order valence-corrected chi connectivity index (χ0v) is 17.1. The van der Waals surface area contributed by atoms with Gasteiger partial charge in [-0.3, -0.25) is 14.2 Å². The third kappa shape index (κ3) is 3.69. The highest BCUT2D eigenvalue weighted by Crippen LogP contribution is 2.34. The van der Waals surface area contributed by atoms with E-state index in [2.05, 4.69) is 15.3 Å². The molecule has 0 radical (unpaired) electrons. The Morgan fingerprint density at radius 2 is 1.87 bits per heavy atom. The number of ether oxygens (including phenoxy) is 2. The van der Waals surface area contributed by atoms with Crippen molar-refractivity contribution in [3.8, 4) is 11.5 Å². The van der Waals surface area contributed by atoms with Gasteiger partial charge in [-0.25, -0.2) is 4.98 Å². The molecule has 9 heteroatoms. The zero-order valence-electron chi connectivity index (χ0n) is 16.4. The van der Waals surface area contributed by atoms with E-state index >= 15 is 0 Å². The van der Waals surface area contributed by atoms with Crippen LogP contribution in [0.5, 0.6) is 11.5 Å². The molecule has 2 aromatic heterocycles. The van der Waals surface area contributed by atoms with E-state index in [0.717, 1.165) is 10.9 Å². The van der Waals surface area contributed by atoms with E-state index in [1.165, 1.54) is 10.9 Å². The Balaban J connectivity index is 1.59. The molecule has 154 valence electrons. The van der Waals surface area contributed by atoms with Crippen LogP contribution in [-0.4, -0.2) is 34.7 Å². The molecule has 0 saturated carbocycles. The molecule has 0 bridgehead atoms. The van der Waals surface area contributed by atoms with Crippen molar-refractivity contribution in [3.63, 3.8) is 0 Å². The van der Waals surface area contributed by atoms with Gasteiger partial charge in [0.15, 0.2) is 11.5 Å². The molecule has 0 aliphatic heterocycles. The van der Waals surface area contributed by atoms with E-state index in [1.807, 2.05) is 12.1 Å². The van der Waals surface area contributed by atoms with Crippen LogP contribution in [0.3, 0.4) is 0 Å². The quantitative estimate of drug-likeness (QED) is 0.494. The van der Waals surface area contributed by atoms with Crippen molar-refractivity contribution in [1.29, 1.82) is 0 Å². The lowest BCUT2D eigenvalue weighted by molar-refractivity contribution is -0.121. The molecule has 4 aromatic rings. The fourth-order valence-electron chi connectivity index (χ4n) is 3.25. The molecule has 2 N–H and O–H groups in total. The first-order valence-electron chi connectivity index (χ1n) is 9.14. The van der Waals surface area contributed by atoms with Crippen molar-refractivity contribution < 1.29 is 14.3 Å². The summed E-state index contributed by atoms with van der Waals surface area (Å²) in [5.41, 5.74) is 2.09. The molecule has 0 aliphatic carbocycles. The van der Waals surface area contributed by atoms with E-state index in [0.29, 0.717) is 39.6 Å². The lowest BCUT2D eigenvalue weighted by Crippen LogP contribution is -2.32. The van der Waals surface area contributed by atoms with Crippen molar-refractivity contribution >= 4 is 39.4 Å². The number of carbonyl (C=O) groups is 1. The van der Waals surface area contributed by atoms with E-state index in [9.17, 15) is 9.59 Å². The number of fused-ring (bicyclic) bond motifs is 3. The highest BCUT2D eigenvalue weighted by atomic mass is 35.5. The molecule has 0 fully saturated rings. The number of nitrogens with zero attached hydrogens (tertiary/aromatic N) is 2. The monoisotopic (exact) mass is 426 g/mol. The van der Waals surface area contributed by atoms with Gasteiger partial charge in [0, 0.05) is 23.0 Å². The molecule has 0 aliphatic rings. The summed E-state index contributed by atoms with van der Waals surface area (Å²) in [5, 5.41) is 4.15. The molecule has 30 heavy (non-hydrogen) atoms. The molecular formula is C21H19ClN4O4. The third-order valence-corrected chi connectivity index (χ3v) is 5.05. The molecule has 0 atom stereocenters. The summed E-state index contributed by atoms with van der Waals surface area (Å²) < 4.78 is 11.9. The molecule has 0 unspecified atom stereocenters. The molecule has 2 heterocycles. The van der Waals surface area contributed by atoms with Crippen LogP contribution in [-0.2, 0) is 17.9 Å². The highest BCUT2D eigenvalue weighted by molar-refractivity contribution is 6.30. The number of aromatic nitrogens is 3. The number of halogens is 1. The van der Waals surface area contributed by atoms with E-state index in [4.69, 9.17) is 21.1 Å². The van der Waals surface area contributed by atoms with Crippen LogP contribution in [0.2, 0.25) is 5.02 Å². The third-order valence-electron chi connectivity index (χ3n) is 4.79. The second-order valence-electron chi connectivity index (χ2n) is 6.68. The van der Waals surface area contributed by atoms with Gasteiger partial charge in [0.25, 0.3) is 5.56 Å². The summed E-state index contributed by atoms with van der Waals surface area (Å²) >= 11 is 5.86. The van der Waals surface area contributed by atoms with E-state index in [-0.39, 0.29) is 18.0 Å². The summed E-state index contributed by atoms with van der Waals surface area (Å²) in [4.78, 5) is 32.7. The van der Waals surface area contributed by atoms with Crippen LogP contribution < -0.4 is 20.3 Å². The van der Waals surface area contributed by atoms with Crippen molar-refractivity contribution in [2.24, 2.45) is 0 Å². The maximum absolute atomic E-state index is 12.9. The summed E-state index contributed by atoms with van der Waals surface area (Å²) in [7, 11) is 3.09. The first-order valence-corrected chi connectivity index (χ1v) is 9.52. The second kappa shape index (κ2) is 8.08. The number of carbonyl (C=O) groups excluding carboxylic acids is 1. The molecule has 4 rings (SSSR count). The maximum Gasteiger partial charge on any atom is 0.278 e. The minimum absolute atomic E-state index is 0.141. The summed E-state index contributed by atoms with van der Waals surface area (Å²) in [6.45, 7) is 0.198. The molecule has 0 saturated heterocycles. The Morgan fingerprint density at radius 3 is 2.57 bits per heavy atom. The number of hydrogen-bond acceptors (Lipinski definition) is 5. The van der Waals surface area contributed by atoms with Gasteiger partial charge in [0.1, 0.15) is 17.6 Å². The number of amides is 1. The van der Waals surface area contributed by atoms with Gasteiger partial charge in [0.2, 0.25) is 5.91 Å². The number of hydrogen-bond donors (Lipinski definition) is 2. The van der Waals surface area contributed by atoms with Crippen LogP contribution in [0.4, 0.5) is 0 Å². The predicted octanol–water partition coefficient (Wildman–Crippen LogP) is 2.86.